The summed E-state index contributed by atoms with van der Waals surface area (Å²) < 4.78 is 15.4. The van der Waals surface area contributed by atoms with Crippen LogP contribution in [0.4, 0.5) is 0 Å². The number of nitrogens with one attached hydrogen (secondary N) is 2. The lowest BCUT2D eigenvalue weighted by Crippen LogP contribution is -2.38. The molecule has 1 heterocycles. The molecule has 0 aliphatic heterocycles. The molecule has 0 aromatic carbocycles. The third kappa shape index (κ3) is 10.6. The average molecular weight is 452 g/mol. The summed E-state index contributed by atoms with van der Waals surface area (Å²) >= 11 is 0. The van der Waals surface area contributed by atoms with Crippen LogP contribution in [-0.2, 0) is 16.0 Å². The van der Waals surface area contributed by atoms with Crippen molar-refractivity contribution in [1.29, 1.82) is 0 Å². The highest BCUT2D eigenvalue weighted by molar-refractivity contribution is 14.0. The van der Waals surface area contributed by atoms with E-state index in [9.17, 15) is 0 Å². The normalized spacial score (nSPS) is 10.9. The van der Waals surface area contributed by atoms with Gasteiger partial charge in [-0.1, -0.05) is 6.07 Å². The largest absolute Gasteiger partial charge is 0.475 e. The number of pyridine rings is 1. The standard InChI is InChI=1S/C16H28N4O3.HI/c1-4-17-16(18-8-5-9-21-2)20-13-14-6-7-15(19-12-14)23-11-10-22-3;/h6-7,12H,4-5,8-11,13H2,1-3H3,(H2,17,18,20);1H. The Morgan fingerprint density at radius 1 is 1.12 bits per heavy atom. The molecule has 0 bridgehead atoms. The minimum Gasteiger partial charge on any atom is -0.475 e. The molecule has 0 spiro atoms. The van der Waals surface area contributed by atoms with Crippen molar-refractivity contribution in [3.63, 3.8) is 0 Å². The maximum absolute atomic E-state index is 5.43. The number of hydrogen-bond acceptors (Lipinski definition) is 5. The Morgan fingerprint density at radius 3 is 2.54 bits per heavy atom. The number of rotatable bonds is 11. The maximum Gasteiger partial charge on any atom is 0.213 e. The number of nitrogens with zero attached hydrogens (tertiary/aromatic N) is 2. The molecule has 0 unspecified atom stereocenters. The van der Waals surface area contributed by atoms with Crippen molar-refractivity contribution in [2.75, 3.05) is 47.1 Å². The number of methoxy groups -OCH3 is 2. The number of halogens is 1. The van der Waals surface area contributed by atoms with E-state index in [0.29, 0.717) is 25.6 Å². The summed E-state index contributed by atoms with van der Waals surface area (Å²) in [5, 5.41) is 6.49. The maximum atomic E-state index is 5.43. The average Bonchev–Trinajstić information content (AvgIpc) is 2.58. The van der Waals surface area contributed by atoms with Crippen LogP contribution >= 0.6 is 24.0 Å². The minimum absolute atomic E-state index is 0. The highest BCUT2D eigenvalue weighted by atomic mass is 127. The summed E-state index contributed by atoms with van der Waals surface area (Å²) in [7, 11) is 3.35. The number of aromatic nitrogens is 1. The van der Waals surface area contributed by atoms with Crippen LogP contribution in [0.15, 0.2) is 23.3 Å². The second-order valence-corrected chi connectivity index (χ2v) is 4.81. The fraction of sp³-hybridized carbons (Fsp3) is 0.625. The van der Waals surface area contributed by atoms with Gasteiger partial charge in [0.05, 0.1) is 13.2 Å². The van der Waals surface area contributed by atoms with Crippen LogP contribution < -0.4 is 15.4 Å². The highest BCUT2D eigenvalue weighted by Crippen LogP contribution is 2.08. The molecule has 1 aromatic rings. The number of ether oxygens (including phenoxy) is 3. The van der Waals surface area contributed by atoms with Crippen LogP contribution in [0.2, 0.25) is 0 Å². The minimum atomic E-state index is 0. The molecule has 0 radical (unpaired) electrons. The summed E-state index contributed by atoms with van der Waals surface area (Å²) in [6, 6.07) is 3.81. The molecule has 0 atom stereocenters. The number of guanidine groups is 1. The predicted molar refractivity (Wildman–Crippen MR) is 106 cm³/mol. The third-order valence-electron chi connectivity index (χ3n) is 2.92. The SMILES string of the molecule is CCNC(=NCc1ccc(OCCOC)nc1)NCCCOC.I. The second-order valence-electron chi connectivity index (χ2n) is 4.81. The summed E-state index contributed by atoms with van der Waals surface area (Å²) in [6.07, 6.45) is 2.72. The van der Waals surface area contributed by atoms with E-state index in [-0.39, 0.29) is 24.0 Å². The Labute approximate surface area is 161 Å². The van der Waals surface area contributed by atoms with E-state index >= 15 is 0 Å². The second kappa shape index (κ2) is 15.4. The van der Waals surface area contributed by atoms with Gasteiger partial charge in [-0.3, -0.25) is 0 Å². The monoisotopic (exact) mass is 452 g/mol. The first kappa shape index (κ1) is 22.9. The Balaban J connectivity index is 0.00000529. The molecule has 0 amide bonds. The first-order chi connectivity index (χ1) is 11.3. The van der Waals surface area contributed by atoms with Gasteiger partial charge in [-0.25, -0.2) is 9.98 Å². The van der Waals surface area contributed by atoms with Crippen molar-refractivity contribution in [2.45, 2.75) is 19.9 Å². The first-order valence-corrected chi connectivity index (χ1v) is 7.88. The molecule has 1 aromatic heterocycles. The first-order valence-electron chi connectivity index (χ1n) is 7.88. The van der Waals surface area contributed by atoms with Gasteiger partial charge in [0.2, 0.25) is 5.88 Å². The zero-order chi connectivity index (χ0) is 16.8. The summed E-state index contributed by atoms with van der Waals surface area (Å²) in [5.74, 6) is 1.39. The van der Waals surface area contributed by atoms with Crippen LogP contribution in [0.3, 0.4) is 0 Å². The van der Waals surface area contributed by atoms with E-state index in [0.717, 1.165) is 37.6 Å². The molecule has 2 N–H and O–H groups in total. The number of hydrogen-bond donors (Lipinski definition) is 2. The Bertz CT molecular complexity index is 443. The molecule has 1 rings (SSSR count). The molecule has 8 heteroatoms. The lowest BCUT2D eigenvalue weighted by Gasteiger charge is -2.11. The molecule has 138 valence electrons. The fourth-order valence-electron chi connectivity index (χ4n) is 1.75. The lowest BCUT2D eigenvalue weighted by molar-refractivity contribution is 0.143. The van der Waals surface area contributed by atoms with Gasteiger partial charge >= 0.3 is 0 Å². The van der Waals surface area contributed by atoms with Gasteiger partial charge in [0, 0.05) is 46.2 Å². The topological polar surface area (TPSA) is 77.0 Å². The molecule has 0 fully saturated rings. The van der Waals surface area contributed by atoms with Crippen LogP contribution in [0.5, 0.6) is 5.88 Å². The highest BCUT2D eigenvalue weighted by Gasteiger charge is 1.99. The van der Waals surface area contributed by atoms with Crippen LogP contribution in [0.25, 0.3) is 0 Å². The van der Waals surface area contributed by atoms with E-state index in [2.05, 4.69) is 20.6 Å². The van der Waals surface area contributed by atoms with E-state index in [1.165, 1.54) is 0 Å². The van der Waals surface area contributed by atoms with E-state index in [1.807, 2.05) is 19.1 Å². The van der Waals surface area contributed by atoms with Gasteiger partial charge in [0.25, 0.3) is 0 Å². The Morgan fingerprint density at radius 2 is 1.92 bits per heavy atom. The van der Waals surface area contributed by atoms with Crippen molar-refractivity contribution in [1.82, 2.24) is 15.6 Å². The zero-order valence-electron chi connectivity index (χ0n) is 14.7. The van der Waals surface area contributed by atoms with Crippen molar-refractivity contribution >= 4 is 29.9 Å². The predicted octanol–water partition coefficient (Wildman–Crippen LogP) is 1.82. The van der Waals surface area contributed by atoms with Crippen molar-refractivity contribution in [3.8, 4) is 5.88 Å². The van der Waals surface area contributed by atoms with Crippen LogP contribution in [0, 0.1) is 0 Å². The third-order valence-corrected chi connectivity index (χ3v) is 2.92. The molecular weight excluding hydrogens is 423 g/mol. The van der Waals surface area contributed by atoms with Gasteiger partial charge in [-0.2, -0.15) is 0 Å². The van der Waals surface area contributed by atoms with Crippen LogP contribution in [0.1, 0.15) is 18.9 Å². The van der Waals surface area contributed by atoms with E-state index in [4.69, 9.17) is 14.2 Å². The molecule has 0 saturated heterocycles. The molecular formula is C16H29IN4O3. The summed E-state index contributed by atoms with van der Waals surface area (Å²) in [6.45, 7) is 6.03. The Hall–Kier alpha value is -1.13. The van der Waals surface area contributed by atoms with Gasteiger partial charge in [-0.05, 0) is 18.9 Å². The van der Waals surface area contributed by atoms with Gasteiger partial charge in [0.15, 0.2) is 5.96 Å². The van der Waals surface area contributed by atoms with E-state index in [1.54, 1.807) is 20.4 Å². The van der Waals surface area contributed by atoms with Crippen molar-refractivity contribution < 1.29 is 14.2 Å². The smallest absolute Gasteiger partial charge is 0.213 e. The van der Waals surface area contributed by atoms with Crippen molar-refractivity contribution in [3.05, 3.63) is 23.9 Å². The molecule has 0 aliphatic rings. The van der Waals surface area contributed by atoms with Gasteiger partial charge in [0.1, 0.15) is 6.61 Å². The quantitative estimate of drug-likeness (QED) is 0.231. The molecule has 0 aliphatic carbocycles. The molecule has 0 saturated carbocycles. The lowest BCUT2D eigenvalue weighted by atomic mass is 10.3. The zero-order valence-corrected chi connectivity index (χ0v) is 17.0. The van der Waals surface area contributed by atoms with Gasteiger partial charge < -0.3 is 24.8 Å². The summed E-state index contributed by atoms with van der Waals surface area (Å²) in [5.41, 5.74) is 1.03. The van der Waals surface area contributed by atoms with E-state index < -0.39 is 0 Å². The Kier molecular flexibility index (Phi) is 14.7. The van der Waals surface area contributed by atoms with Gasteiger partial charge in [-0.15, -0.1) is 24.0 Å². The number of aliphatic imine (C=N–C) groups is 1. The molecule has 7 nitrogen and oxygen atoms in total. The summed E-state index contributed by atoms with van der Waals surface area (Å²) in [4.78, 5) is 8.80. The van der Waals surface area contributed by atoms with Crippen molar-refractivity contribution in [2.24, 2.45) is 4.99 Å². The fourth-order valence-corrected chi connectivity index (χ4v) is 1.75. The molecule has 24 heavy (non-hydrogen) atoms. The van der Waals surface area contributed by atoms with Crippen LogP contribution in [-0.4, -0.2) is 58.1 Å².